The lowest BCUT2D eigenvalue weighted by Gasteiger charge is -2.11. The van der Waals surface area contributed by atoms with Gasteiger partial charge in [0, 0.05) is 37.6 Å². The van der Waals surface area contributed by atoms with Gasteiger partial charge in [-0.25, -0.2) is 9.78 Å². The lowest BCUT2D eigenvalue weighted by Crippen LogP contribution is -2.35. The highest BCUT2D eigenvalue weighted by Gasteiger charge is 2.08. The molecule has 0 spiro atoms. The van der Waals surface area contributed by atoms with Crippen LogP contribution in [0, 0.1) is 16.0 Å². The first-order chi connectivity index (χ1) is 11.5. The van der Waals surface area contributed by atoms with E-state index in [0.29, 0.717) is 18.0 Å². The average molecular weight is 331 g/mol. The molecule has 0 unspecified atom stereocenters. The Kier molecular flexibility index (Phi) is 5.89. The van der Waals surface area contributed by atoms with Crippen molar-refractivity contribution in [3.63, 3.8) is 0 Å². The summed E-state index contributed by atoms with van der Waals surface area (Å²) in [6.45, 7) is 5.60. The Balaban J connectivity index is 1.83. The third-order valence-corrected chi connectivity index (χ3v) is 3.35. The van der Waals surface area contributed by atoms with E-state index in [-0.39, 0.29) is 18.3 Å². The van der Waals surface area contributed by atoms with Crippen LogP contribution in [0.4, 0.5) is 10.5 Å². The predicted octanol–water partition coefficient (Wildman–Crippen LogP) is 2.45. The summed E-state index contributed by atoms with van der Waals surface area (Å²) in [6, 6.07) is 5.83. The molecule has 2 N–H and O–H groups in total. The molecular weight excluding hydrogens is 310 g/mol. The number of carbonyl (C=O) groups is 1. The number of benzene rings is 1. The molecule has 0 aliphatic rings. The molecule has 128 valence electrons. The average Bonchev–Trinajstić information content (AvgIpc) is 2.97. The molecule has 0 aliphatic carbocycles. The number of nitro groups is 1. The van der Waals surface area contributed by atoms with Gasteiger partial charge in [0.15, 0.2) is 0 Å². The zero-order valence-corrected chi connectivity index (χ0v) is 13.7. The van der Waals surface area contributed by atoms with Crippen LogP contribution < -0.4 is 10.6 Å². The van der Waals surface area contributed by atoms with Gasteiger partial charge in [0.25, 0.3) is 5.69 Å². The van der Waals surface area contributed by atoms with Crippen LogP contribution in [0.25, 0.3) is 0 Å². The molecule has 0 bridgehead atoms. The quantitative estimate of drug-likeness (QED) is 0.601. The Hall–Kier alpha value is -2.90. The summed E-state index contributed by atoms with van der Waals surface area (Å²) < 4.78 is 2.01. The first kappa shape index (κ1) is 17.5. The lowest BCUT2D eigenvalue weighted by atomic mass is 10.2. The summed E-state index contributed by atoms with van der Waals surface area (Å²) >= 11 is 0. The van der Waals surface area contributed by atoms with Crippen molar-refractivity contribution in [1.29, 1.82) is 0 Å². The third-order valence-electron chi connectivity index (χ3n) is 3.35. The van der Waals surface area contributed by atoms with Crippen LogP contribution >= 0.6 is 0 Å². The molecule has 2 aromatic rings. The predicted molar refractivity (Wildman–Crippen MR) is 89.2 cm³/mol. The van der Waals surface area contributed by atoms with Crippen molar-refractivity contribution in [2.45, 2.75) is 33.5 Å². The first-order valence-corrected chi connectivity index (χ1v) is 7.70. The molecule has 0 aliphatic heterocycles. The molecule has 0 saturated heterocycles. The molecule has 2 rings (SSSR count). The maximum atomic E-state index is 11.9. The number of hydrogen-bond acceptors (Lipinski definition) is 4. The largest absolute Gasteiger partial charge is 0.334 e. The monoisotopic (exact) mass is 331 g/mol. The molecule has 8 nitrogen and oxygen atoms in total. The molecule has 0 saturated carbocycles. The van der Waals surface area contributed by atoms with E-state index in [1.165, 1.54) is 12.1 Å². The smallest absolute Gasteiger partial charge is 0.315 e. The highest BCUT2D eigenvalue weighted by atomic mass is 16.6. The van der Waals surface area contributed by atoms with Gasteiger partial charge in [-0.05, 0) is 11.5 Å². The number of non-ortho nitro benzene ring substituents is 1. The third kappa shape index (κ3) is 5.08. The van der Waals surface area contributed by atoms with Crippen molar-refractivity contribution in [1.82, 2.24) is 20.2 Å². The zero-order valence-electron chi connectivity index (χ0n) is 13.7. The Bertz CT molecular complexity index is 711. The van der Waals surface area contributed by atoms with Crippen LogP contribution in [0.2, 0.25) is 0 Å². The topological polar surface area (TPSA) is 102 Å². The number of nitrogens with one attached hydrogen (secondary N) is 2. The minimum atomic E-state index is -0.460. The molecule has 1 aromatic heterocycles. The van der Waals surface area contributed by atoms with E-state index in [9.17, 15) is 14.9 Å². The van der Waals surface area contributed by atoms with Gasteiger partial charge in [0.1, 0.15) is 5.82 Å². The number of nitrogens with zero attached hydrogens (tertiary/aromatic N) is 3. The Labute approximate surface area is 140 Å². The number of nitro benzene ring substituents is 1. The molecule has 0 atom stereocenters. The number of aromatic nitrogens is 2. The second kappa shape index (κ2) is 8.09. The summed E-state index contributed by atoms with van der Waals surface area (Å²) in [7, 11) is 0. The highest BCUT2D eigenvalue weighted by Crippen LogP contribution is 2.12. The van der Waals surface area contributed by atoms with E-state index in [0.717, 1.165) is 12.4 Å². The van der Waals surface area contributed by atoms with Crippen molar-refractivity contribution >= 4 is 11.7 Å². The van der Waals surface area contributed by atoms with Gasteiger partial charge in [0.05, 0.1) is 11.5 Å². The normalized spacial score (nSPS) is 10.6. The van der Waals surface area contributed by atoms with Gasteiger partial charge in [-0.3, -0.25) is 10.1 Å². The minimum Gasteiger partial charge on any atom is -0.334 e. The van der Waals surface area contributed by atoms with Gasteiger partial charge in [-0.2, -0.15) is 0 Å². The van der Waals surface area contributed by atoms with E-state index < -0.39 is 4.92 Å². The van der Waals surface area contributed by atoms with Crippen LogP contribution in [0.3, 0.4) is 0 Å². The fourth-order valence-electron chi connectivity index (χ4n) is 2.25. The van der Waals surface area contributed by atoms with Gasteiger partial charge >= 0.3 is 6.03 Å². The van der Waals surface area contributed by atoms with Crippen LogP contribution in [0.5, 0.6) is 0 Å². The zero-order chi connectivity index (χ0) is 17.5. The van der Waals surface area contributed by atoms with Crippen LogP contribution in [-0.4, -0.2) is 20.5 Å². The Morgan fingerprint density at radius 1 is 1.33 bits per heavy atom. The maximum absolute atomic E-state index is 11.9. The summed E-state index contributed by atoms with van der Waals surface area (Å²) in [5, 5.41) is 16.1. The van der Waals surface area contributed by atoms with E-state index >= 15 is 0 Å². The standard InChI is InChI=1S/C16H21N5O3/c1-12(2)11-20-7-6-17-15(20)10-19-16(22)18-9-13-4-3-5-14(8-13)21(23)24/h3-8,12H,9-11H2,1-2H3,(H2,18,19,22). The Morgan fingerprint density at radius 3 is 2.79 bits per heavy atom. The highest BCUT2D eigenvalue weighted by molar-refractivity contribution is 5.73. The first-order valence-electron chi connectivity index (χ1n) is 7.70. The van der Waals surface area contributed by atoms with E-state index in [1.807, 2.05) is 10.8 Å². The second-order valence-corrected chi connectivity index (χ2v) is 5.85. The molecule has 24 heavy (non-hydrogen) atoms. The summed E-state index contributed by atoms with van der Waals surface area (Å²) in [5.41, 5.74) is 0.672. The lowest BCUT2D eigenvalue weighted by molar-refractivity contribution is -0.384. The Morgan fingerprint density at radius 2 is 2.08 bits per heavy atom. The maximum Gasteiger partial charge on any atom is 0.315 e. The summed E-state index contributed by atoms with van der Waals surface area (Å²) in [4.78, 5) is 26.4. The number of imidazole rings is 1. The van der Waals surface area contributed by atoms with E-state index in [1.54, 1.807) is 18.3 Å². The number of urea groups is 1. The molecule has 1 aromatic carbocycles. The SMILES string of the molecule is CC(C)Cn1ccnc1CNC(=O)NCc1cccc([N+](=O)[O-])c1. The number of carbonyl (C=O) groups excluding carboxylic acids is 1. The van der Waals surface area contributed by atoms with Crippen LogP contribution in [0.15, 0.2) is 36.7 Å². The fraction of sp³-hybridized carbons (Fsp3) is 0.375. The van der Waals surface area contributed by atoms with Crippen molar-refractivity contribution in [3.05, 3.63) is 58.2 Å². The summed E-state index contributed by atoms with van der Waals surface area (Å²) in [6.07, 6.45) is 3.60. The molecule has 8 heteroatoms. The van der Waals surface area contributed by atoms with Crippen LogP contribution in [-0.2, 0) is 19.6 Å². The molecule has 2 amide bonds. The number of rotatable bonds is 7. The van der Waals surface area contributed by atoms with E-state index in [4.69, 9.17) is 0 Å². The van der Waals surface area contributed by atoms with E-state index in [2.05, 4.69) is 29.5 Å². The molecule has 0 radical (unpaired) electrons. The van der Waals surface area contributed by atoms with Gasteiger partial charge in [-0.1, -0.05) is 26.0 Å². The molecule has 0 fully saturated rings. The van der Waals surface area contributed by atoms with Gasteiger partial charge in [-0.15, -0.1) is 0 Å². The minimum absolute atomic E-state index is 0.00502. The second-order valence-electron chi connectivity index (χ2n) is 5.85. The van der Waals surface area contributed by atoms with Crippen molar-refractivity contribution in [3.8, 4) is 0 Å². The van der Waals surface area contributed by atoms with Crippen LogP contribution in [0.1, 0.15) is 25.2 Å². The number of amides is 2. The molecular formula is C16H21N5O3. The van der Waals surface area contributed by atoms with Gasteiger partial charge < -0.3 is 15.2 Å². The van der Waals surface area contributed by atoms with Crippen molar-refractivity contribution in [2.24, 2.45) is 5.92 Å². The molecule has 1 heterocycles. The van der Waals surface area contributed by atoms with Gasteiger partial charge in [0.2, 0.25) is 0 Å². The number of hydrogen-bond donors (Lipinski definition) is 2. The van der Waals surface area contributed by atoms with Crippen molar-refractivity contribution in [2.75, 3.05) is 0 Å². The van der Waals surface area contributed by atoms with Crippen molar-refractivity contribution < 1.29 is 9.72 Å². The fourth-order valence-corrected chi connectivity index (χ4v) is 2.25. The summed E-state index contributed by atoms with van der Waals surface area (Å²) in [5.74, 6) is 1.27.